The van der Waals surface area contributed by atoms with Gasteiger partial charge in [0.2, 0.25) is 0 Å². The summed E-state index contributed by atoms with van der Waals surface area (Å²) in [5, 5.41) is 8.21. The number of halogens is 1. The molecule has 0 unspecified atom stereocenters. The van der Waals surface area contributed by atoms with E-state index in [1.807, 2.05) is 11.7 Å². The monoisotopic (exact) mass is 185 g/mol. The molecule has 1 aliphatic rings. The van der Waals surface area contributed by atoms with Gasteiger partial charge >= 0.3 is 0 Å². The van der Waals surface area contributed by atoms with Crippen LogP contribution in [0.15, 0.2) is 6.20 Å². The number of nitrogens with zero attached hydrogens (tertiary/aromatic N) is 2. The Bertz CT molecular complexity index is 258. The van der Waals surface area contributed by atoms with Gasteiger partial charge in [0.1, 0.15) is 0 Å². The van der Waals surface area contributed by atoms with Gasteiger partial charge in [-0.3, -0.25) is 4.68 Å². The van der Waals surface area contributed by atoms with E-state index in [0.29, 0.717) is 0 Å². The first-order chi connectivity index (χ1) is 5.77. The zero-order valence-electron chi connectivity index (χ0n) is 7.05. The molecule has 0 atom stereocenters. The van der Waals surface area contributed by atoms with Crippen LogP contribution in [-0.2, 0) is 13.6 Å². The van der Waals surface area contributed by atoms with E-state index < -0.39 is 0 Å². The van der Waals surface area contributed by atoms with Gasteiger partial charge in [0, 0.05) is 19.6 Å². The number of aryl methyl sites for hydroxylation is 1. The van der Waals surface area contributed by atoms with E-state index in [2.05, 4.69) is 10.4 Å². The summed E-state index contributed by atoms with van der Waals surface area (Å²) in [5.41, 5.74) is 1.07. The molecule has 0 aromatic carbocycles. The van der Waals surface area contributed by atoms with E-state index in [1.54, 1.807) is 6.20 Å². The van der Waals surface area contributed by atoms with E-state index >= 15 is 0 Å². The summed E-state index contributed by atoms with van der Waals surface area (Å²) in [4.78, 5) is 0. The number of aromatic nitrogens is 2. The summed E-state index contributed by atoms with van der Waals surface area (Å²) in [6.07, 6.45) is 4.29. The summed E-state index contributed by atoms with van der Waals surface area (Å²) in [5.74, 6) is 0. The second-order valence-electron chi connectivity index (χ2n) is 3.22. The molecule has 0 radical (unpaired) electrons. The maximum Gasteiger partial charge on any atom is 0.0831 e. The van der Waals surface area contributed by atoms with E-state index in [1.165, 1.54) is 12.8 Å². The van der Waals surface area contributed by atoms with Crippen molar-refractivity contribution >= 4 is 11.6 Å². The molecule has 1 heterocycles. The molecular formula is C8H12ClN3. The summed E-state index contributed by atoms with van der Waals surface area (Å²) >= 11 is 5.93. The van der Waals surface area contributed by atoms with Crippen LogP contribution in [0, 0.1) is 0 Å². The SMILES string of the molecule is Cn1ncc(Cl)c1CNC1CC1. The van der Waals surface area contributed by atoms with Crippen molar-refractivity contribution in [3.8, 4) is 0 Å². The Morgan fingerprint density at radius 3 is 3.00 bits per heavy atom. The Morgan fingerprint density at radius 1 is 1.75 bits per heavy atom. The van der Waals surface area contributed by atoms with E-state index in [4.69, 9.17) is 11.6 Å². The zero-order chi connectivity index (χ0) is 8.55. The van der Waals surface area contributed by atoms with Crippen molar-refractivity contribution in [2.24, 2.45) is 7.05 Å². The van der Waals surface area contributed by atoms with E-state index in [9.17, 15) is 0 Å². The third-order valence-corrected chi connectivity index (χ3v) is 2.46. The fraction of sp³-hybridized carbons (Fsp3) is 0.625. The third-order valence-electron chi connectivity index (χ3n) is 2.15. The molecule has 1 saturated carbocycles. The van der Waals surface area contributed by atoms with Crippen molar-refractivity contribution in [2.45, 2.75) is 25.4 Å². The lowest BCUT2D eigenvalue weighted by Gasteiger charge is -2.03. The van der Waals surface area contributed by atoms with E-state index in [-0.39, 0.29) is 0 Å². The largest absolute Gasteiger partial charge is 0.308 e. The predicted octanol–water partition coefficient (Wildman–Crippen LogP) is 1.33. The summed E-state index contributed by atoms with van der Waals surface area (Å²) < 4.78 is 1.82. The molecule has 0 spiro atoms. The first kappa shape index (κ1) is 8.08. The highest BCUT2D eigenvalue weighted by molar-refractivity contribution is 6.31. The summed E-state index contributed by atoms with van der Waals surface area (Å²) in [7, 11) is 1.91. The number of rotatable bonds is 3. The molecule has 4 heteroatoms. The van der Waals surface area contributed by atoms with Crippen LogP contribution in [0.2, 0.25) is 5.02 Å². The lowest BCUT2D eigenvalue weighted by molar-refractivity contribution is 0.623. The van der Waals surface area contributed by atoms with Crippen molar-refractivity contribution in [3.05, 3.63) is 16.9 Å². The fourth-order valence-corrected chi connectivity index (χ4v) is 1.40. The average molecular weight is 186 g/mol. The van der Waals surface area contributed by atoms with Gasteiger partial charge in [-0.05, 0) is 12.8 Å². The Hall–Kier alpha value is -0.540. The average Bonchev–Trinajstić information content (AvgIpc) is 2.80. The highest BCUT2D eigenvalue weighted by Crippen LogP contribution is 2.20. The molecule has 2 rings (SSSR count). The molecule has 0 bridgehead atoms. The zero-order valence-corrected chi connectivity index (χ0v) is 7.80. The van der Waals surface area contributed by atoms with Crippen LogP contribution in [0.1, 0.15) is 18.5 Å². The molecule has 1 aliphatic carbocycles. The van der Waals surface area contributed by atoms with Gasteiger partial charge in [-0.15, -0.1) is 0 Å². The molecule has 1 fully saturated rings. The van der Waals surface area contributed by atoms with Crippen LogP contribution >= 0.6 is 11.6 Å². The first-order valence-electron chi connectivity index (χ1n) is 4.17. The van der Waals surface area contributed by atoms with Gasteiger partial charge in [-0.1, -0.05) is 11.6 Å². The molecule has 3 nitrogen and oxygen atoms in total. The van der Waals surface area contributed by atoms with Gasteiger partial charge in [0.25, 0.3) is 0 Å². The van der Waals surface area contributed by atoms with Crippen molar-refractivity contribution in [2.75, 3.05) is 0 Å². The summed E-state index contributed by atoms with van der Waals surface area (Å²) in [6, 6.07) is 0.718. The van der Waals surface area contributed by atoms with Crippen LogP contribution in [0.25, 0.3) is 0 Å². The van der Waals surface area contributed by atoms with Crippen molar-refractivity contribution in [1.29, 1.82) is 0 Å². The maximum atomic E-state index is 5.93. The van der Waals surface area contributed by atoms with Gasteiger partial charge in [-0.2, -0.15) is 5.10 Å². The minimum absolute atomic E-state index is 0.718. The molecule has 0 amide bonds. The molecule has 1 N–H and O–H groups in total. The minimum Gasteiger partial charge on any atom is -0.308 e. The predicted molar refractivity (Wildman–Crippen MR) is 48.1 cm³/mol. The fourth-order valence-electron chi connectivity index (χ4n) is 1.16. The lowest BCUT2D eigenvalue weighted by atomic mass is 10.4. The maximum absolute atomic E-state index is 5.93. The lowest BCUT2D eigenvalue weighted by Crippen LogP contribution is -2.17. The van der Waals surface area contributed by atoms with Gasteiger partial charge in [0.15, 0.2) is 0 Å². The standard InChI is InChI=1S/C8H12ClN3/c1-12-8(7(9)4-11-12)5-10-6-2-3-6/h4,6,10H,2-3,5H2,1H3. The van der Waals surface area contributed by atoms with Gasteiger partial charge in [-0.25, -0.2) is 0 Å². The summed E-state index contributed by atoms with van der Waals surface area (Å²) in [6.45, 7) is 0.833. The molecule has 12 heavy (non-hydrogen) atoms. The number of hydrogen-bond acceptors (Lipinski definition) is 2. The Balaban J connectivity index is 1.99. The minimum atomic E-state index is 0.718. The van der Waals surface area contributed by atoms with Crippen LogP contribution in [-0.4, -0.2) is 15.8 Å². The number of hydrogen-bond donors (Lipinski definition) is 1. The van der Waals surface area contributed by atoms with Crippen molar-refractivity contribution in [3.63, 3.8) is 0 Å². The molecular weight excluding hydrogens is 174 g/mol. The molecule has 1 aromatic rings. The quantitative estimate of drug-likeness (QED) is 0.770. The second-order valence-corrected chi connectivity index (χ2v) is 3.63. The Labute approximate surface area is 76.7 Å². The van der Waals surface area contributed by atoms with Crippen molar-refractivity contribution in [1.82, 2.24) is 15.1 Å². The third kappa shape index (κ3) is 1.62. The van der Waals surface area contributed by atoms with Crippen LogP contribution in [0.3, 0.4) is 0 Å². The van der Waals surface area contributed by atoms with Gasteiger partial charge < -0.3 is 5.32 Å². The Kier molecular flexibility index (Phi) is 2.07. The topological polar surface area (TPSA) is 29.9 Å². The molecule has 1 aromatic heterocycles. The second kappa shape index (κ2) is 3.07. The highest BCUT2D eigenvalue weighted by atomic mass is 35.5. The van der Waals surface area contributed by atoms with Crippen LogP contribution in [0.5, 0.6) is 0 Å². The van der Waals surface area contributed by atoms with E-state index in [0.717, 1.165) is 23.3 Å². The smallest absolute Gasteiger partial charge is 0.0831 e. The molecule has 66 valence electrons. The van der Waals surface area contributed by atoms with Crippen LogP contribution in [0.4, 0.5) is 0 Å². The highest BCUT2D eigenvalue weighted by Gasteiger charge is 2.21. The normalized spacial score (nSPS) is 16.8. The molecule has 0 aliphatic heterocycles. The number of nitrogens with one attached hydrogen (secondary N) is 1. The molecule has 0 saturated heterocycles. The van der Waals surface area contributed by atoms with Crippen LogP contribution < -0.4 is 5.32 Å². The van der Waals surface area contributed by atoms with Gasteiger partial charge in [0.05, 0.1) is 16.9 Å². The first-order valence-corrected chi connectivity index (χ1v) is 4.55. The van der Waals surface area contributed by atoms with Crippen molar-refractivity contribution < 1.29 is 0 Å². The Morgan fingerprint density at radius 2 is 2.50 bits per heavy atom.